The lowest BCUT2D eigenvalue weighted by Crippen LogP contribution is -1.98. The van der Waals surface area contributed by atoms with E-state index in [1.54, 1.807) is 6.07 Å². The molecular formula is C15H11Cl2N. The summed E-state index contributed by atoms with van der Waals surface area (Å²) in [7, 11) is 0. The summed E-state index contributed by atoms with van der Waals surface area (Å²) in [5.41, 5.74) is 2.28. The minimum Gasteiger partial charge on any atom is -0.343 e. The summed E-state index contributed by atoms with van der Waals surface area (Å²) in [6.07, 6.45) is 2.08. The van der Waals surface area contributed by atoms with E-state index in [9.17, 15) is 0 Å². The first-order valence-electron chi connectivity index (χ1n) is 5.72. The van der Waals surface area contributed by atoms with Crippen LogP contribution in [0.5, 0.6) is 0 Å². The van der Waals surface area contributed by atoms with Gasteiger partial charge in [0.05, 0.1) is 0 Å². The average Bonchev–Trinajstić information content (AvgIpc) is 2.76. The fourth-order valence-corrected chi connectivity index (χ4v) is 2.58. The molecule has 0 aliphatic carbocycles. The van der Waals surface area contributed by atoms with Crippen LogP contribution in [0.25, 0.3) is 10.9 Å². The predicted molar refractivity (Wildman–Crippen MR) is 77.5 cm³/mol. The highest BCUT2D eigenvalue weighted by Gasteiger charge is 2.04. The first kappa shape index (κ1) is 11.6. The van der Waals surface area contributed by atoms with Crippen molar-refractivity contribution in [1.82, 2.24) is 4.57 Å². The molecule has 0 bridgehead atoms. The first-order chi connectivity index (χ1) is 8.74. The molecule has 0 spiro atoms. The van der Waals surface area contributed by atoms with Crippen molar-refractivity contribution in [3.8, 4) is 0 Å². The third-order valence-corrected chi connectivity index (χ3v) is 3.62. The topological polar surface area (TPSA) is 4.93 Å². The van der Waals surface area contributed by atoms with Gasteiger partial charge in [-0.25, -0.2) is 0 Å². The number of para-hydroxylation sites is 1. The van der Waals surface area contributed by atoms with Crippen LogP contribution < -0.4 is 0 Å². The van der Waals surface area contributed by atoms with Gasteiger partial charge >= 0.3 is 0 Å². The summed E-state index contributed by atoms with van der Waals surface area (Å²) < 4.78 is 2.18. The smallest absolute Gasteiger partial charge is 0.0490 e. The Morgan fingerprint density at radius 1 is 0.944 bits per heavy atom. The predicted octanol–water partition coefficient (Wildman–Crippen LogP) is 5.00. The molecule has 18 heavy (non-hydrogen) atoms. The average molecular weight is 276 g/mol. The molecule has 90 valence electrons. The SMILES string of the molecule is Clc1ccc(Cn2ccc3ccccc32)c(Cl)c1. The molecule has 0 N–H and O–H groups in total. The Labute approximate surface area is 116 Å². The Kier molecular flexibility index (Phi) is 3.02. The van der Waals surface area contributed by atoms with Crippen LogP contribution in [-0.2, 0) is 6.54 Å². The molecule has 0 saturated heterocycles. The van der Waals surface area contributed by atoms with Crippen LogP contribution in [-0.4, -0.2) is 4.57 Å². The molecule has 0 aliphatic heterocycles. The van der Waals surface area contributed by atoms with E-state index in [0.717, 1.165) is 12.1 Å². The number of halogens is 2. The Hall–Kier alpha value is -1.44. The highest BCUT2D eigenvalue weighted by atomic mass is 35.5. The molecule has 0 radical (unpaired) electrons. The van der Waals surface area contributed by atoms with Gasteiger partial charge in [0.25, 0.3) is 0 Å². The molecule has 0 fully saturated rings. The van der Waals surface area contributed by atoms with Crippen LogP contribution in [0.2, 0.25) is 10.0 Å². The molecule has 1 nitrogen and oxygen atoms in total. The van der Waals surface area contributed by atoms with Crippen molar-refractivity contribution in [1.29, 1.82) is 0 Å². The third-order valence-electron chi connectivity index (χ3n) is 3.04. The maximum atomic E-state index is 6.20. The number of aromatic nitrogens is 1. The summed E-state index contributed by atoms with van der Waals surface area (Å²) in [6.45, 7) is 0.753. The maximum absolute atomic E-state index is 6.20. The van der Waals surface area contributed by atoms with E-state index in [0.29, 0.717) is 10.0 Å². The van der Waals surface area contributed by atoms with Gasteiger partial charge in [0.1, 0.15) is 0 Å². The molecule has 2 aromatic carbocycles. The van der Waals surface area contributed by atoms with Crippen molar-refractivity contribution < 1.29 is 0 Å². The van der Waals surface area contributed by atoms with E-state index in [1.807, 2.05) is 24.3 Å². The number of hydrogen-bond donors (Lipinski definition) is 0. The van der Waals surface area contributed by atoms with Gasteiger partial charge in [0, 0.05) is 28.3 Å². The standard InChI is InChI=1S/C15H11Cl2N/c16-13-6-5-12(14(17)9-13)10-18-8-7-11-3-1-2-4-15(11)18/h1-9H,10H2. The number of nitrogens with zero attached hydrogens (tertiary/aromatic N) is 1. The quantitative estimate of drug-likeness (QED) is 0.621. The van der Waals surface area contributed by atoms with Gasteiger partial charge in [0.2, 0.25) is 0 Å². The molecule has 3 aromatic rings. The molecule has 0 saturated carbocycles. The van der Waals surface area contributed by atoms with E-state index in [4.69, 9.17) is 23.2 Å². The van der Waals surface area contributed by atoms with Crippen molar-refractivity contribution >= 4 is 34.1 Å². The van der Waals surface area contributed by atoms with Gasteiger partial charge in [-0.3, -0.25) is 0 Å². The van der Waals surface area contributed by atoms with Crippen molar-refractivity contribution in [2.45, 2.75) is 6.54 Å². The molecule has 1 aromatic heterocycles. The van der Waals surface area contributed by atoms with Crippen LogP contribution in [0.4, 0.5) is 0 Å². The Morgan fingerprint density at radius 2 is 1.78 bits per heavy atom. The Balaban J connectivity index is 2.01. The zero-order valence-electron chi connectivity index (χ0n) is 9.61. The van der Waals surface area contributed by atoms with E-state index >= 15 is 0 Å². The number of fused-ring (bicyclic) bond motifs is 1. The van der Waals surface area contributed by atoms with Crippen LogP contribution in [0.1, 0.15) is 5.56 Å². The van der Waals surface area contributed by atoms with Crippen LogP contribution in [0.3, 0.4) is 0 Å². The zero-order chi connectivity index (χ0) is 12.5. The summed E-state index contributed by atoms with van der Waals surface area (Å²) >= 11 is 12.1. The lowest BCUT2D eigenvalue weighted by Gasteiger charge is -2.08. The Morgan fingerprint density at radius 3 is 2.61 bits per heavy atom. The summed E-state index contributed by atoms with van der Waals surface area (Å²) in [5.74, 6) is 0. The second-order valence-electron chi connectivity index (χ2n) is 4.24. The first-order valence-corrected chi connectivity index (χ1v) is 6.47. The van der Waals surface area contributed by atoms with Gasteiger partial charge in [-0.1, -0.05) is 47.5 Å². The summed E-state index contributed by atoms with van der Waals surface area (Å²) in [6, 6.07) is 16.0. The third kappa shape index (κ3) is 2.12. The van der Waals surface area contributed by atoms with Crippen LogP contribution >= 0.6 is 23.2 Å². The van der Waals surface area contributed by atoms with Crippen molar-refractivity contribution in [3.63, 3.8) is 0 Å². The lowest BCUT2D eigenvalue weighted by molar-refractivity contribution is 0.837. The highest BCUT2D eigenvalue weighted by molar-refractivity contribution is 6.35. The molecule has 3 heteroatoms. The monoisotopic (exact) mass is 275 g/mol. The van der Waals surface area contributed by atoms with Gasteiger partial charge in [0.15, 0.2) is 0 Å². The fraction of sp³-hybridized carbons (Fsp3) is 0.0667. The van der Waals surface area contributed by atoms with Gasteiger partial charge in [-0.05, 0) is 35.2 Å². The number of benzene rings is 2. The van der Waals surface area contributed by atoms with Gasteiger partial charge in [-0.2, -0.15) is 0 Å². The lowest BCUT2D eigenvalue weighted by atomic mass is 10.2. The highest BCUT2D eigenvalue weighted by Crippen LogP contribution is 2.23. The minimum absolute atomic E-state index is 0.668. The number of hydrogen-bond acceptors (Lipinski definition) is 0. The Bertz CT molecular complexity index is 701. The maximum Gasteiger partial charge on any atom is 0.0490 e. The zero-order valence-corrected chi connectivity index (χ0v) is 11.1. The van der Waals surface area contributed by atoms with Crippen LogP contribution in [0.15, 0.2) is 54.7 Å². The minimum atomic E-state index is 0.668. The van der Waals surface area contributed by atoms with Crippen molar-refractivity contribution in [2.24, 2.45) is 0 Å². The largest absolute Gasteiger partial charge is 0.343 e. The van der Waals surface area contributed by atoms with E-state index in [2.05, 4.69) is 29.0 Å². The second-order valence-corrected chi connectivity index (χ2v) is 5.08. The summed E-state index contributed by atoms with van der Waals surface area (Å²) in [4.78, 5) is 0. The molecule has 0 amide bonds. The molecular weight excluding hydrogens is 265 g/mol. The van der Waals surface area contributed by atoms with E-state index < -0.39 is 0 Å². The molecule has 3 rings (SSSR count). The fourth-order valence-electron chi connectivity index (χ4n) is 2.11. The van der Waals surface area contributed by atoms with E-state index in [-0.39, 0.29) is 0 Å². The van der Waals surface area contributed by atoms with E-state index in [1.165, 1.54) is 10.9 Å². The van der Waals surface area contributed by atoms with Crippen LogP contribution in [0, 0.1) is 0 Å². The number of rotatable bonds is 2. The molecule has 0 aliphatic rings. The molecule has 0 unspecified atom stereocenters. The molecule has 0 atom stereocenters. The summed E-state index contributed by atoms with van der Waals surface area (Å²) in [5, 5.41) is 2.61. The van der Waals surface area contributed by atoms with Gasteiger partial charge < -0.3 is 4.57 Å². The normalized spacial score (nSPS) is 11.0. The molecule has 1 heterocycles. The van der Waals surface area contributed by atoms with Gasteiger partial charge in [-0.15, -0.1) is 0 Å². The second kappa shape index (κ2) is 4.68. The van der Waals surface area contributed by atoms with Crippen molar-refractivity contribution in [3.05, 3.63) is 70.3 Å². The van der Waals surface area contributed by atoms with Crippen molar-refractivity contribution in [2.75, 3.05) is 0 Å².